The number of nitrogens with zero attached hydrogens (tertiary/aromatic N) is 2. The molecule has 3 amide bonds. The minimum absolute atomic E-state index is 0.0150. The van der Waals surface area contributed by atoms with Gasteiger partial charge in [0.1, 0.15) is 0 Å². The van der Waals surface area contributed by atoms with Gasteiger partial charge in [0.15, 0.2) is 0 Å². The van der Waals surface area contributed by atoms with E-state index in [1.54, 1.807) is 9.80 Å². The molecule has 1 saturated heterocycles. The van der Waals surface area contributed by atoms with E-state index in [0.29, 0.717) is 26.2 Å². The zero-order chi connectivity index (χ0) is 17.1. The molecule has 1 aromatic rings. The second-order valence-corrected chi connectivity index (χ2v) is 6.13. The molecule has 0 aromatic heterocycles. The van der Waals surface area contributed by atoms with E-state index in [-0.39, 0.29) is 24.3 Å². The second kappa shape index (κ2) is 7.00. The summed E-state index contributed by atoms with van der Waals surface area (Å²) in [5, 5.41) is 5.79. The Bertz CT molecular complexity index is 666. The van der Waals surface area contributed by atoms with Crippen LogP contribution in [-0.4, -0.2) is 60.2 Å². The Hall–Kier alpha value is -2.41. The average Bonchev–Trinajstić information content (AvgIpc) is 3.08. The predicted molar refractivity (Wildman–Crippen MR) is 88.2 cm³/mol. The molecular weight excluding hydrogens is 308 g/mol. The number of carbonyl (C=O) groups is 3. The van der Waals surface area contributed by atoms with Crippen LogP contribution < -0.4 is 10.6 Å². The van der Waals surface area contributed by atoms with Gasteiger partial charge in [-0.05, 0) is 17.2 Å². The topological polar surface area (TPSA) is 81.8 Å². The lowest BCUT2D eigenvalue weighted by Crippen LogP contribution is -2.52. The van der Waals surface area contributed by atoms with Crippen molar-refractivity contribution < 1.29 is 14.4 Å². The monoisotopic (exact) mass is 330 g/mol. The fourth-order valence-electron chi connectivity index (χ4n) is 3.17. The molecular formula is C17H22N4O3. The molecule has 0 spiro atoms. The van der Waals surface area contributed by atoms with E-state index in [0.717, 1.165) is 24.2 Å². The molecule has 0 saturated carbocycles. The third-order valence-corrected chi connectivity index (χ3v) is 4.53. The molecule has 0 radical (unpaired) electrons. The SMILES string of the molecule is CC(=O)NCC(=O)N1CCN(C(=O)c2cccc3c2CNC3)CC1. The van der Waals surface area contributed by atoms with Gasteiger partial charge in [-0.15, -0.1) is 0 Å². The summed E-state index contributed by atoms with van der Waals surface area (Å²) in [7, 11) is 0. The first-order chi connectivity index (χ1) is 11.6. The summed E-state index contributed by atoms with van der Waals surface area (Å²) in [5.41, 5.74) is 3.03. The van der Waals surface area contributed by atoms with Crippen molar-refractivity contribution in [3.63, 3.8) is 0 Å². The van der Waals surface area contributed by atoms with Crippen LogP contribution in [0.5, 0.6) is 0 Å². The number of amides is 3. The first kappa shape index (κ1) is 16.4. The maximum Gasteiger partial charge on any atom is 0.254 e. The number of hydrogen-bond acceptors (Lipinski definition) is 4. The molecule has 7 nitrogen and oxygen atoms in total. The van der Waals surface area contributed by atoms with Crippen molar-refractivity contribution >= 4 is 17.7 Å². The number of benzene rings is 1. The van der Waals surface area contributed by atoms with Crippen LogP contribution in [0.25, 0.3) is 0 Å². The minimum Gasteiger partial charge on any atom is -0.347 e. The van der Waals surface area contributed by atoms with Crippen LogP contribution in [0.4, 0.5) is 0 Å². The third kappa shape index (κ3) is 3.41. The first-order valence-electron chi connectivity index (χ1n) is 8.19. The van der Waals surface area contributed by atoms with Gasteiger partial charge in [-0.2, -0.15) is 0 Å². The largest absolute Gasteiger partial charge is 0.347 e. The van der Waals surface area contributed by atoms with Crippen molar-refractivity contribution in [2.75, 3.05) is 32.7 Å². The predicted octanol–water partition coefficient (Wildman–Crippen LogP) is -0.290. The Morgan fingerprint density at radius 2 is 1.79 bits per heavy atom. The first-order valence-corrected chi connectivity index (χ1v) is 8.19. The highest BCUT2D eigenvalue weighted by Gasteiger charge is 2.27. The molecule has 0 aliphatic carbocycles. The molecule has 2 aliphatic rings. The van der Waals surface area contributed by atoms with E-state index < -0.39 is 0 Å². The number of fused-ring (bicyclic) bond motifs is 1. The number of rotatable bonds is 3. The minimum atomic E-state index is -0.219. The molecule has 2 heterocycles. The van der Waals surface area contributed by atoms with Gasteiger partial charge in [-0.1, -0.05) is 12.1 Å². The van der Waals surface area contributed by atoms with E-state index in [2.05, 4.69) is 10.6 Å². The summed E-state index contributed by atoms with van der Waals surface area (Å²) < 4.78 is 0. The molecule has 1 aromatic carbocycles. The summed E-state index contributed by atoms with van der Waals surface area (Å²) >= 11 is 0. The number of hydrogen-bond donors (Lipinski definition) is 2. The summed E-state index contributed by atoms with van der Waals surface area (Å²) in [6.45, 7) is 4.96. The smallest absolute Gasteiger partial charge is 0.254 e. The quantitative estimate of drug-likeness (QED) is 0.798. The number of carbonyl (C=O) groups excluding carboxylic acids is 3. The Kier molecular flexibility index (Phi) is 4.80. The van der Waals surface area contributed by atoms with Gasteiger partial charge in [0.2, 0.25) is 11.8 Å². The van der Waals surface area contributed by atoms with Crippen LogP contribution in [0.2, 0.25) is 0 Å². The van der Waals surface area contributed by atoms with Crippen molar-refractivity contribution in [2.45, 2.75) is 20.0 Å². The number of piperazine rings is 1. The van der Waals surface area contributed by atoms with Crippen molar-refractivity contribution in [1.29, 1.82) is 0 Å². The third-order valence-electron chi connectivity index (χ3n) is 4.53. The average molecular weight is 330 g/mol. The Morgan fingerprint density at radius 3 is 2.50 bits per heavy atom. The molecule has 0 bridgehead atoms. The van der Waals surface area contributed by atoms with Crippen LogP contribution in [0.15, 0.2) is 18.2 Å². The highest BCUT2D eigenvalue weighted by molar-refractivity contribution is 5.96. The van der Waals surface area contributed by atoms with Gasteiger partial charge >= 0.3 is 0 Å². The normalized spacial score (nSPS) is 16.7. The Labute approximate surface area is 141 Å². The summed E-state index contributed by atoms with van der Waals surface area (Å²) in [4.78, 5) is 39.2. The van der Waals surface area contributed by atoms with E-state index in [4.69, 9.17) is 0 Å². The molecule has 2 aliphatic heterocycles. The molecule has 24 heavy (non-hydrogen) atoms. The zero-order valence-electron chi connectivity index (χ0n) is 13.8. The van der Waals surface area contributed by atoms with Crippen molar-refractivity contribution in [3.8, 4) is 0 Å². The van der Waals surface area contributed by atoms with Crippen LogP contribution in [0.3, 0.4) is 0 Å². The van der Waals surface area contributed by atoms with Crippen LogP contribution in [-0.2, 0) is 22.7 Å². The molecule has 128 valence electrons. The van der Waals surface area contributed by atoms with Crippen LogP contribution in [0.1, 0.15) is 28.4 Å². The van der Waals surface area contributed by atoms with Crippen molar-refractivity contribution in [3.05, 3.63) is 34.9 Å². The molecule has 2 N–H and O–H groups in total. The van der Waals surface area contributed by atoms with Gasteiger partial charge in [-0.25, -0.2) is 0 Å². The van der Waals surface area contributed by atoms with Crippen LogP contribution >= 0.6 is 0 Å². The molecule has 0 atom stereocenters. The fourth-order valence-corrected chi connectivity index (χ4v) is 3.17. The van der Waals surface area contributed by atoms with Gasteiger partial charge < -0.3 is 20.4 Å². The lowest BCUT2D eigenvalue weighted by atomic mass is 10.0. The summed E-state index contributed by atoms with van der Waals surface area (Å²) in [5.74, 6) is -0.296. The number of nitrogens with one attached hydrogen (secondary N) is 2. The molecule has 7 heteroatoms. The Morgan fingerprint density at radius 1 is 1.08 bits per heavy atom. The maximum absolute atomic E-state index is 12.8. The van der Waals surface area contributed by atoms with Crippen LogP contribution in [0, 0.1) is 0 Å². The zero-order valence-corrected chi connectivity index (χ0v) is 13.8. The molecule has 1 fully saturated rings. The van der Waals surface area contributed by atoms with E-state index in [1.807, 2.05) is 18.2 Å². The van der Waals surface area contributed by atoms with Gasteiger partial charge in [0.25, 0.3) is 5.91 Å². The lowest BCUT2D eigenvalue weighted by Gasteiger charge is -2.35. The Balaban J connectivity index is 1.59. The van der Waals surface area contributed by atoms with Gasteiger partial charge in [-0.3, -0.25) is 14.4 Å². The van der Waals surface area contributed by atoms with Crippen molar-refractivity contribution in [2.24, 2.45) is 0 Å². The van der Waals surface area contributed by atoms with Gasteiger partial charge in [0.05, 0.1) is 6.54 Å². The molecule has 0 unspecified atom stereocenters. The van der Waals surface area contributed by atoms with Gasteiger partial charge in [0, 0.05) is 51.8 Å². The summed E-state index contributed by atoms with van der Waals surface area (Å²) in [6, 6.07) is 5.85. The highest BCUT2D eigenvalue weighted by Crippen LogP contribution is 2.21. The summed E-state index contributed by atoms with van der Waals surface area (Å²) in [6.07, 6.45) is 0. The van der Waals surface area contributed by atoms with E-state index in [1.165, 1.54) is 12.5 Å². The van der Waals surface area contributed by atoms with Crippen molar-refractivity contribution in [1.82, 2.24) is 20.4 Å². The highest BCUT2D eigenvalue weighted by atomic mass is 16.2. The molecule has 3 rings (SSSR count). The van der Waals surface area contributed by atoms with E-state index >= 15 is 0 Å². The maximum atomic E-state index is 12.8. The standard InChI is InChI=1S/C17H22N4O3/c1-12(22)19-11-16(23)20-5-7-21(8-6-20)17(24)14-4-2-3-13-9-18-10-15(13)14/h2-4,18H,5-11H2,1H3,(H,19,22). The second-order valence-electron chi connectivity index (χ2n) is 6.13. The van der Waals surface area contributed by atoms with E-state index in [9.17, 15) is 14.4 Å². The lowest BCUT2D eigenvalue weighted by molar-refractivity contribution is -0.133. The fraction of sp³-hybridized carbons (Fsp3) is 0.471.